The number of benzene rings is 2. The van der Waals surface area contributed by atoms with Gasteiger partial charge in [-0.3, -0.25) is 4.79 Å². The van der Waals surface area contributed by atoms with Crippen LogP contribution in [0, 0.1) is 5.82 Å². The van der Waals surface area contributed by atoms with Crippen LogP contribution in [0.15, 0.2) is 59.5 Å². The number of carbonyl (C=O) groups is 1. The van der Waals surface area contributed by atoms with Gasteiger partial charge >= 0.3 is 0 Å². The molecule has 0 spiro atoms. The van der Waals surface area contributed by atoms with Crippen molar-refractivity contribution < 1.29 is 17.6 Å². The first-order valence-corrected chi connectivity index (χ1v) is 9.33. The standard InChI is InChI=1S/C18H20FNO3S/c1-14(15-5-3-2-4-6-15)13-20-18(21)11-12-24(22,23)17-9-7-16(19)8-10-17/h2-10,14H,11-13H2,1H3,(H,20,21)/t14-/m1/s1. The number of nitrogens with one attached hydrogen (secondary N) is 1. The van der Waals surface area contributed by atoms with Gasteiger partial charge in [-0.25, -0.2) is 12.8 Å². The summed E-state index contributed by atoms with van der Waals surface area (Å²) in [7, 11) is -3.59. The summed E-state index contributed by atoms with van der Waals surface area (Å²) in [6.07, 6.45) is -0.124. The van der Waals surface area contributed by atoms with E-state index in [0.717, 1.165) is 17.7 Å². The minimum absolute atomic E-state index is 0.0225. The average Bonchev–Trinajstić information content (AvgIpc) is 2.59. The van der Waals surface area contributed by atoms with Crippen LogP contribution in [-0.4, -0.2) is 26.6 Å². The Hall–Kier alpha value is -2.21. The van der Waals surface area contributed by atoms with E-state index >= 15 is 0 Å². The van der Waals surface area contributed by atoms with Gasteiger partial charge in [-0.2, -0.15) is 0 Å². The fourth-order valence-corrected chi connectivity index (χ4v) is 3.48. The summed E-state index contributed by atoms with van der Waals surface area (Å²) in [5.41, 5.74) is 1.11. The van der Waals surface area contributed by atoms with Crippen molar-refractivity contribution in [1.82, 2.24) is 5.32 Å². The van der Waals surface area contributed by atoms with Crippen molar-refractivity contribution in [3.63, 3.8) is 0 Å². The van der Waals surface area contributed by atoms with Gasteiger partial charge < -0.3 is 5.32 Å². The Balaban J connectivity index is 1.83. The number of rotatable bonds is 7. The molecule has 0 unspecified atom stereocenters. The van der Waals surface area contributed by atoms with Crippen molar-refractivity contribution in [2.24, 2.45) is 0 Å². The zero-order chi connectivity index (χ0) is 17.6. The highest BCUT2D eigenvalue weighted by Crippen LogP contribution is 2.14. The van der Waals surface area contributed by atoms with E-state index in [9.17, 15) is 17.6 Å². The molecule has 0 fully saturated rings. The van der Waals surface area contributed by atoms with Gasteiger partial charge in [-0.1, -0.05) is 37.3 Å². The lowest BCUT2D eigenvalue weighted by atomic mass is 10.0. The molecule has 0 aromatic heterocycles. The normalized spacial score (nSPS) is 12.6. The molecule has 0 saturated carbocycles. The fourth-order valence-electron chi connectivity index (χ4n) is 2.24. The van der Waals surface area contributed by atoms with Crippen molar-refractivity contribution in [2.45, 2.75) is 24.2 Å². The zero-order valence-electron chi connectivity index (χ0n) is 13.4. The summed E-state index contributed by atoms with van der Waals surface area (Å²) in [6.45, 7) is 2.43. The quantitative estimate of drug-likeness (QED) is 0.782. The zero-order valence-corrected chi connectivity index (χ0v) is 14.2. The second-order valence-corrected chi connectivity index (χ2v) is 7.75. The Morgan fingerprint density at radius 3 is 2.33 bits per heavy atom. The lowest BCUT2D eigenvalue weighted by Crippen LogP contribution is -2.29. The van der Waals surface area contributed by atoms with Gasteiger partial charge in [0, 0.05) is 13.0 Å². The molecule has 0 radical (unpaired) electrons. The SMILES string of the molecule is C[C@H](CNC(=O)CCS(=O)(=O)c1ccc(F)cc1)c1ccccc1. The molecule has 128 valence electrons. The van der Waals surface area contributed by atoms with Gasteiger partial charge in [0.2, 0.25) is 5.91 Å². The Bertz CT molecular complexity index is 774. The van der Waals surface area contributed by atoms with Crippen LogP contribution in [-0.2, 0) is 14.6 Å². The summed E-state index contributed by atoms with van der Waals surface area (Å²) < 4.78 is 37.1. The van der Waals surface area contributed by atoms with Crippen LogP contribution in [0.5, 0.6) is 0 Å². The lowest BCUT2D eigenvalue weighted by Gasteiger charge is -2.13. The summed E-state index contributed by atoms with van der Waals surface area (Å²) in [6, 6.07) is 14.4. The van der Waals surface area contributed by atoms with Gasteiger partial charge in [-0.05, 0) is 35.7 Å². The van der Waals surface area contributed by atoms with Crippen LogP contribution in [0.3, 0.4) is 0 Å². The van der Waals surface area contributed by atoms with E-state index in [-0.39, 0.29) is 28.9 Å². The van der Waals surface area contributed by atoms with Crippen LogP contribution in [0.1, 0.15) is 24.8 Å². The maximum Gasteiger partial charge on any atom is 0.221 e. The molecule has 4 nitrogen and oxygen atoms in total. The van der Waals surface area contributed by atoms with Gasteiger partial charge in [0.1, 0.15) is 5.82 Å². The molecular formula is C18H20FNO3S. The molecule has 2 rings (SSSR count). The minimum Gasteiger partial charge on any atom is -0.355 e. The molecule has 2 aromatic carbocycles. The second-order valence-electron chi connectivity index (χ2n) is 5.64. The minimum atomic E-state index is -3.59. The van der Waals surface area contributed by atoms with E-state index in [0.29, 0.717) is 6.54 Å². The molecule has 0 bridgehead atoms. The van der Waals surface area contributed by atoms with Gasteiger partial charge in [0.05, 0.1) is 10.6 Å². The molecule has 1 atom stereocenters. The molecule has 1 N–H and O–H groups in total. The summed E-state index contributed by atoms with van der Waals surface area (Å²) in [5, 5.41) is 2.75. The third kappa shape index (κ3) is 5.16. The Kier molecular flexibility index (Phi) is 6.09. The highest BCUT2D eigenvalue weighted by molar-refractivity contribution is 7.91. The predicted molar refractivity (Wildman–Crippen MR) is 90.9 cm³/mol. The molecule has 6 heteroatoms. The monoisotopic (exact) mass is 349 g/mol. The van der Waals surface area contributed by atoms with Crippen molar-refractivity contribution >= 4 is 15.7 Å². The topological polar surface area (TPSA) is 63.2 Å². The highest BCUT2D eigenvalue weighted by Gasteiger charge is 2.17. The number of halogens is 1. The Morgan fingerprint density at radius 2 is 1.71 bits per heavy atom. The second kappa shape index (κ2) is 8.06. The first kappa shape index (κ1) is 18.1. The number of hydrogen-bond donors (Lipinski definition) is 1. The molecule has 24 heavy (non-hydrogen) atoms. The van der Waals surface area contributed by atoms with E-state index in [1.54, 1.807) is 0 Å². The molecule has 0 aliphatic carbocycles. The first-order chi connectivity index (χ1) is 11.4. The largest absolute Gasteiger partial charge is 0.355 e. The average molecular weight is 349 g/mol. The van der Waals surface area contributed by atoms with Crippen molar-refractivity contribution in [2.75, 3.05) is 12.3 Å². The number of sulfone groups is 1. The van der Waals surface area contributed by atoms with E-state index in [4.69, 9.17) is 0 Å². The van der Waals surface area contributed by atoms with Gasteiger partial charge in [-0.15, -0.1) is 0 Å². The van der Waals surface area contributed by atoms with Crippen LogP contribution in [0.25, 0.3) is 0 Å². The van der Waals surface area contributed by atoms with Crippen molar-refractivity contribution in [3.05, 3.63) is 66.0 Å². The van der Waals surface area contributed by atoms with E-state index in [2.05, 4.69) is 5.32 Å². The van der Waals surface area contributed by atoms with Crippen molar-refractivity contribution in [3.8, 4) is 0 Å². The van der Waals surface area contributed by atoms with Gasteiger partial charge in [0.15, 0.2) is 9.84 Å². The first-order valence-electron chi connectivity index (χ1n) is 7.68. The number of amides is 1. The maximum absolute atomic E-state index is 12.8. The summed E-state index contributed by atoms with van der Waals surface area (Å²) >= 11 is 0. The molecular weight excluding hydrogens is 329 g/mol. The van der Waals surface area contributed by atoms with Crippen LogP contribution >= 0.6 is 0 Å². The smallest absolute Gasteiger partial charge is 0.221 e. The van der Waals surface area contributed by atoms with Crippen molar-refractivity contribution in [1.29, 1.82) is 0 Å². The third-order valence-electron chi connectivity index (χ3n) is 3.74. The number of hydrogen-bond acceptors (Lipinski definition) is 3. The van der Waals surface area contributed by atoms with Crippen LogP contribution in [0.4, 0.5) is 4.39 Å². The van der Waals surface area contributed by atoms with E-state index < -0.39 is 15.7 Å². The van der Waals surface area contributed by atoms with E-state index in [1.165, 1.54) is 12.1 Å². The Labute approximate surface area is 141 Å². The highest BCUT2D eigenvalue weighted by atomic mass is 32.2. The van der Waals surface area contributed by atoms with Crippen LogP contribution in [0.2, 0.25) is 0 Å². The van der Waals surface area contributed by atoms with Gasteiger partial charge in [0.25, 0.3) is 0 Å². The lowest BCUT2D eigenvalue weighted by molar-refractivity contribution is -0.120. The summed E-state index contributed by atoms with van der Waals surface area (Å²) in [5.74, 6) is -0.974. The fraction of sp³-hybridized carbons (Fsp3) is 0.278. The number of carbonyl (C=O) groups excluding carboxylic acids is 1. The molecule has 2 aromatic rings. The van der Waals surface area contributed by atoms with E-state index in [1.807, 2.05) is 37.3 Å². The molecule has 1 amide bonds. The molecule has 0 saturated heterocycles. The summed E-state index contributed by atoms with van der Waals surface area (Å²) in [4.78, 5) is 11.9. The van der Waals surface area contributed by atoms with Crippen LogP contribution < -0.4 is 5.32 Å². The molecule has 0 aliphatic heterocycles. The molecule has 0 aliphatic rings. The maximum atomic E-state index is 12.8. The third-order valence-corrected chi connectivity index (χ3v) is 5.48. The molecule has 0 heterocycles. The predicted octanol–water partition coefficient (Wildman–Crippen LogP) is 2.91. The Morgan fingerprint density at radius 1 is 1.08 bits per heavy atom.